The molecule has 0 radical (unpaired) electrons. The van der Waals surface area contributed by atoms with Gasteiger partial charge in [-0.05, 0) is 42.8 Å². The lowest BCUT2D eigenvalue weighted by atomic mass is 10.0. The van der Waals surface area contributed by atoms with Gasteiger partial charge in [-0.25, -0.2) is 23.6 Å². The normalized spacial score (nSPS) is 10.8. The fraction of sp³-hybridized carbons (Fsp3) is 0.0909. The van der Waals surface area contributed by atoms with E-state index in [-0.39, 0.29) is 23.0 Å². The zero-order valence-corrected chi connectivity index (χ0v) is 16.1. The molecule has 2 aromatic heterocycles. The summed E-state index contributed by atoms with van der Waals surface area (Å²) >= 11 is 0. The van der Waals surface area contributed by atoms with Gasteiger partial charge in [-0.2, -0.15) is 0 Å². The number of carbonyl (C=O) groups is 1. The molecule has 0 saturated heterocycles. The van der Waals surface area contributed by atoms with E-state index in [9.17, 15) is 13.6 Å². The molecule has 0 saturated carbocycles. The first-order chi connectivity index (χ1) is 14.5. The molecule has 0 aliphatic heterocycles. The standard InChI is InChI=1S/C22H16F2N4O2/c1-13-4-3-5-16(10-13)28(14(2)29)22-20(19-8-9-25-12-26-19)21(27-30-22)17-7-6-15(23)11-18(17)24/h3-12H,1-2H3. The summed E-state index contributed by atoms with van der Waals surface area (Å²) in [5.41, 5.74) is 2.28. The summed E-state index contributed by atoms with van der Waals surface area (Å²) in [6.45, 7) is 3.28. The molecule has 0 N–H and O–H groups in total. The minimum Gasteiger partial charge on any atom is -0.336 e. The Morgan fingerprint density at radius 2 is 1.93 bits per heavy atom. The summed E-state index contributed by atoms with van der Waals surface area (Å²) in [5, 5.41) is 4.01. The number of anilines is 2. The Morgan fingerprint density at radius 3 is 2.60 bits per heavy atom. The Morgan fingerprint density at radius 1 is 1.10 bits per heavy atom. The number of carbonyl (C=O) groups excluding carboxylic acids is 1. The second-order valence-corrected chi connectivity index (χ2v) is 6.62. The number of amides is 1. The van der Waals surface area contributed by atoms with Crippen LogP contribution in [0, 0.1) is 18.6 Å². The fourth-order valence-electron chi connectivity index (χ4n) is 3.18. The summed E-state index contributed by atoms with van der Waals surface area (Å²) < 4.78 is 33.5. The molecular weight excluding hydrogens is 390 g/mol. The van der Waals surface area contributed by atoms with Crippen molar-refractivity contribution in [2.24, 2.45) is 0 Å². The van der Waals surface area contributed by atoms with Gasteiger partial charge in [0.1, 0.15) is 23.7 Å². The monoisotopic (exact) mass is 406 g/mol. The molecule has 30 heavy (non-hydrogen) atoms. The number of aromatic nitrogens is 3. The Hall–Kier alpha value is -3.94. The topological polar surface area (TPSA) is 72.1 Å². The van der Waals surface area contributed by atoms with Crippen LogP contribution < -0.4 is 4.90 Å². The minimum absolute atomic E-state index is 0.0211. The van der Waals surface area contributed by atoms with Gasteiger partial charge in [-0.15, -0.1) is 0 Å². The van der Waals surface area contributed by atoms with Crippen LogP contribution >= 0.6 is 0 Å². The summed E-state index contributed by atoms with van der Waals surface area (Å²) in [4.78, 5) is 22.0. The molecule has 2 heterocycles. The van der Waals surface area contributed by atoms with Crippen molar-refractivity contribution in [2.45, 2.75) is 13.8 Å². The van der Waals surface area contributed by atoms with Crippen LogP contribution in [-0.4, -0.2) is 21.0 Å². The van der Waals surface area contributed by atoms with Crippen molar-refractivity contribution in [3.8, 4) is 22.5 Å². The van der Waals surface area contributed by atoms with Gasteiger partial charge in [0.15, 0.2) is 0 Å². The third-order valence-corrected chi connectivity index (χ3v) is 4.48. The second kappa shape index (κ2) is 7.82. The lowest BCUT2D eigenvalue weighted by Crippen LogP contribution is -2.23. The van der Waals surface area contributed by atoms with Crippen LogP contribution in [-0.2, 0) is 4.79 Å². The van der Waals surface area contributed by atoms with E-state index in [1.54, 1.807) is 12.1 Å². The molecule has 6 nitrogen and oxygen atoms in total. The molecule has 0 atom stereocenters. The maximum absolute atomic E-state index is 14.5. The van der Waals surface area contributed by atoms with Crippen LogP contribution in [0.5, 0.6) is 0 Å². The predicted molar refractivity (Wildman–Crippen MR) is 107 cm³/mol. The average Bonchev–Trinajstić information content (AvgIpc) is 3.13. The van der Waals surface area contributed by atoms with Crippen molar-refractivity contribution < 1.29 is 18.1 Å². The Balaban J connectivity index is 1.98. The third-order valence-electron chi connectivity index (χ3n) is 4.48. The quantitative estimate of drug-likeness (QED) is 0.473. The number of rotatable bonds is 4. The lowest BCUT2D eigenvalue weighted by Gasteiger charge is -2.19. The maximum Gasteiger partial charge on any atom is 0.248 e. The van der Waals surface area contributed by atoms with Crippen molar-refractivity contribution in [3.63, 3.8) is 0 Å². The largest absolute Gasteiger partial charge is 0.336 e. The summed E-state index contributed by atoms with van der Waals surface area (Å²) in [6, 6.07) is 12.0. The average molecular weight is 406 g/mol. The highest BCUT2D eigenvalue weighted by Gasteiger charge is 2.29. The van der Waals surface area contributed by atoms with Gasteiger partial charge >= 0.3 is 0 Å². The SMILES string of the molecule is CC(=O)N(c1cccc(C)c1)c1onc(-c2ccc(F)cc2F)c1-c1ccncn1. The zero-order valence-electron chi connectivity index (χ0n) is 16.1. The van der Waals surface area contributed by atoms with E-state index in [1.807, 2.05) is 25.1 Å². The molecule has 150 valence electrons. The number of hydrogen-bond acceptors (Lipinski definition) is 5. The van der Waals surface area contributed by atoms with Crippen molar-refractivity contribution in [1.82, 2.24) is 15.1 Å². The van der Waals surface area contributed by atoms with Crippen LogP contribution in [0.2, 0.25) is 0 Å². The molecule has 4 rings (SSSR count). The molecule has 8 heteroatoms. The highest BCUT2D eigenvalue weighted by atomic mass is 19.1. The van der Waals surface area contributed by atoms with Crippen LogP contribution in [0.25, 0.3) is 22.5 Å². The third kappa shape index (κ3) is 3.55. The van der Waals surface area contributed by atoms with E-state index >= 15 is 0 Å². The van der Waals surface area contributed by atoms with Crippen molar-refractivity contribution in [3.05, 3.63) is 78.3 Å². The van der Waals surface area contributed by atoms with Gasteiger partial charge < -0.3 is 4.52 Å². The van der Waals surface area contributed by atoms with Crippen molar-refractivity contribution in [1.29, 1.82) is 0 Å². The maximum atomic E-state index is 14.5. The summed E-state index contributed by atoms with van der Waals surface area (Å²) in [7, 11) is 0. The Kier molecular flexibility index (Phi) is 5.05. The number of aryl methyl sites for hydroxylation is 1. The number of halogens is 2. The van der Waals surface area contributed by atoms with Gasteiger partial charge in [-0.1, -0.05) is 17.3 Å². The highest BCUT2D eigenvalue weighted by Crippen LogP contribution is 2.42. The van der Waals surface area contributed by atoms with Crippen molar-refractivity contribution in [2.75, 3.05) is 4.90 Å². The molecule has 0 unspecified atom stereocenters. The predicted octanol–water partition coefficient (Wildman–Crippen LogP) is 5.07. The zero-order chi connectivity index (χ0) is 21.3. The Bertz CT molecular complexity index is 1230. The molecule has 0 bridgehead atoms. The smallest absolute Gasteiger partial charge is 0.248 e. The number of hydrogen-bond donors (Lipinski definition) is 0. The molecule has 0 spiro atoms. The first kappa shape index (κ1) is 19.4. The number of nitrogens with zero attached hydrogens (tertiary/aromatic N) is 4. The van der Waals surface area contributed by atoms with Crippen LogP contribution in [0.15, 0.2) is 65.6 Å². The molecule has 0 aliphatic rings. The molecule has 4 aromatic rings. The molecule has 2 aromatic carbocycles. The van der Waals surface area contributed by atoms with Crippen LogP contribution in [0.4, 0.5) is 20.4 Å². The Labute approximate surface area is 170 Å². The first-order valence-electron chi connectivity index (χ1n) is 9.04. The van der Waals surface area contributed by atoms with Gasteiger partial charge in [0, 0.05) is 24.8 Å². The second-order valence-electron chi connectivity index (χ2n) is 6.62. The lowest BCUT2D eigenvalue weighted by molar-refractivity contribution is -0.116. The minimum atomic E-state index is -0.810. The first-order valence-corrected chi connectivity index (χ1v) is 9.04. The fourth-order valence-corrected chi connectivity index (χ4v) is 3.18. The van der Waals surface area contributed by atoms with Crippen LogP contribution in [0.3, 0.4) is 0 Å². The molecule has 1 amide bonds. The van der Waals surface area contributed by atoms with E-state index in [2.05, 4.69) is 15.1 Å². The van der Waals surface area contributed by atoms with Crippen LogP contribution in [0.1, 0.15) is 12.5 Å². The molecule has 0 aliphatic carbocycles. The van der Waals surface area contributed by atoms with Crippen molar-refractivity contribution >= 4 is 17.5 Å². The molecular formula is C22H16F2N4O2. The summed E-state index contributed by atoms with van der Waals surface area (Å²) in [5.74, 6) is -1.78. The highest BCUT2D eigenvalue weighted by molar-refractivity contribution is 6.03. The van der Waals surface area contributed by atoms with E-state index in [4.69, 9.17) is 4.52 Å². The summed E-state index contributed by atoms with van der Waals surface area (Å²) in [6.07, 6.45) is 2.83. The molecule has 0 fully saturated rings. The van der Waals surface area contributed by atoms with Gasteiger partial charge in [0.05, 0.1) is 16.9 Å². The number of benzene rings is 2. The van der Waals surface area contributed by atoms with Gasteiger partial charge in [0.2, 0.25) is 11.8 Å². The van der Waals surface area contributed by atoms with Gasteiger partial charge in [0.25, 0.3) is 0 Å². The van der Waals surface area contributed by atoms with E-state index < -0.39 is 11.6 Å². The van der Waals surface area contributed by atoms with Gasteiger partial charge in [-0.3, -0.25) is 4.79 Å². The van der Waals surface area contributed by atoms with E-state index in [1.165, 1.54) is 30.4 Å². The van der Waals surface area contributed by atoms with E-state index in [0.717, 1.165) is 17.7 Å². The van der Waals surface area contributed by atoms with E-state index in [0.29, 0.717) is 16.9 Å².